The maximum atomic E-state index is 8.16. The van der Waals surface area contributed by atoms with Crippen LogP contribution in [0.4, 0.5) is 0 Å². The second kappa shape index (κ2) is 8.26. The zero-order valence-corrected chi connectivity index (χ0v) is 11.4. The summed E-state index contributed by atoms with van der Waals surface area (Å²) in [4.78, 5) is 6.77. The first-order valence-electron chi connectivity index (χ1n) is 6.50. The van der Waals surface area contributed by atoms with Gasteiger partial charge < -0.3 is 4.74 Å². The summed E-state index contributed by atoms with van der Waals surface area (Å²) in [6.45, 7) is 0.872. The summed E-state index contributed by atoms with van der Waals surface area (Å²) in [5.74, 6) is 6.57. The molecule has 2 rings (SSSR count). The van der Waals surface area contributed by atoms with Crippen molar-refractivity contribution in [2.24, 2.45) is 5.11 Å². The molecule has 0 aliphatic carbocycles. The van der Waals surface area contributed by atoms with Crippen LogP contribution in [-0.4, -0.2) is 11.5 Å². The number of azide groups is 1. The molecule has 1 aromatic carbocycles. The van der Waals surface area contributed by atoms with Gasteiger partial charge in [0, 0.05) is 29.6 Å². The van der Waals surface area contributed by atoms with Gasteiger partial charge in [-0.25, -0.2) is 0 Å². The first kappa shape index (κ1) is 14.4. The molecule has 5 nitrogen and oxygen atoms in total. The Kier molecular flexibility index (Phi) is 5.68. The Bertz CT molecular complexity index is 682. The van der Waals surface area contributed by atoms with Crippen LogP contribution in [0.15, 0.2) is 53.9 Å². The third-order valence-corrected chi connectivity index (χ3v) is 2.59. The minimum Gasteiger partial charge on any atom is -0.487 e. The van der Waals surface area contributed by atoms with Gasteiger partial charge in [0.05, 0.1) is 6.20 Å². The number of ether oxygens (including phenoxy) is 1. The molecule has 0 atom stereocenters. The Morgan fingerprint density at radius 1 is 1.24 bits per heavy atom. The molecule has 0 N–H and O–H groups in total. The van der Waals surface area contributed by atoms with Crippen molar-refractivity contribution in [3.63, 3.8) is 0 Å². The number of aromatic nitrogens is 1. The molecule has 0 saturated carbocycles. The highest BCUT2D eigenvalue weighted by atomic mass is 16.5. The van der Waals surface area contributed by atoms with E-state index in [1.165, 1.54) is 0 Å². The molecular formula is C16H14N4O. The molecular weight excluding hydrogens is 264 g/mol. The maximum Gasteiger partial charge on any atom is 0.139 e. The second-order valence-corrected chi connectivity index (χ2v) is 4.19. The van der Waals surface area contributed by atoms with Crippen LogP contribution >= 0.6 is 0 Å². The number of hydrogen-bond acceptors (Lipinski definition) is 3. The smallest absolute Gasteiger partial charge is 0.139 e. The molecule has 0 bridgehead atoms. The van der Waals surface area contributed by atoms with Crippen molar-refractivity contribution < 1.29 is 4.74 Å². The molecule has 0 amide bonds. The maximum absolute atomic E-state index is 8.16. The standard InChI is InChI=1S/C16H14N4O/c17-20-19-9-5-4-8-15-10-16(12-18-11-15)21-13-14-6-2-1-3-7-14/h1-3,6-7,10-12H,5,9,13H2. The molecule has 0 fully saturated rings. The summed E-state index contributed by atoms with van der Waals surface area (Å²) < 4.78 is 5.68. The van der Waals surface area contributed by atoms with Crippen LogP contribution in [0, 0.1) is 11.8 Å². The average Bonchev–Trinajstić information content (AvgIpc) is 2.54. The molecule has 104 valence electrons. The molecule has 0 aliphatic rings. The van der Waals surface area contributed by atoms with Crippen LogP contribution in [0.5, 0.6) is 5.75 Å². The molecule has 0 saturated heterocycles. The van der Waals surface area contributed by atoms with Crippen LogP contribution in [0.2, 0.25) is 0 Å². The minimum atomic E-state index is 0.376. The predicted molar refractivity (Wildman–Crippen MR) is 80.5 cm³/mol. The SMILES string of the molecule is [N-]=[N+]=NCCC#Cc1cncc(OCc2ccccc2)c1. The third-order valence-electron chi connectivity index (χ3n) is 2.59. The van der Waals surface area contributed by atoms with Gasteiger partial charge in [0.2, 0.25) is 0 Å². The van der Waals surface area contributed by atoms with Crippen LogP contribution in [-0.2, 0) is 6.61 Å². The molecule has 21 heavy (non-hydrogen) atoms. The van der Waals surface area contributed by atoms with Gasteiger partial charge in [-0.1, -0.05) is 47.3 Å². The van der Waals surface area contributed by atoms with Gasteiger partial charge in [0.15, 0.2) is 0 Å². The van der Waals surface area contributed by atoms with Gasteiger partial charge in [-0.05, 0) is 17.2 Å². The molecule has 5 heteroatoms. The Morgan fingerprint density at radius 3 is 2.90 bits per heavy atom. The summed E-state index contributed by atoms with van der Waals surface area (Å²) in [7, 11) is 0. The normalized spacial score (nSPS) is 9.14. The highest BCUT2D eigenvalue weighted by molar-refractivity contribution is 5.36. The van der Waals surface area contributed by atoms with Crippen LogP contribution in [0.25, 0.3) is 10.4 Å². The van der Waals surface area contributed by atoms with E-state index in [9.17, 15) is 0 Å². The largest absolute Gasteiger partial charge is 0.487 e. The van der Waals surface area contributed by atoms with Crippen molar-refractivity contribution in [2.75, 3.05) is 6.54 Å². The molecule has 2 aromatic rings. The highest BCUT2D eigenvalue weighted by Gasteiger charge is 1.97. The van der Waals surface area contributed by atoms with Gasteiger partial charge in [-0.3, -0.25) is 4.98 Å². The fraction of sp³-hybridized carbons (Fsp3) is 0.188. The zero-order valence-electron chi connectivity index (χ0n) is 11.4. The lowest BCUT2D eigenvalue weighted by Crippen LogP contribution is -1.95. The fourth-order valence-electron chi connectivity index (χ4n) is 1.62. The van der Waals surface area contributed by atoms with E-state index in [2.05, 4.69) is 26.9 Å². The van der Waals surface area contributed by atoms with Crippen molar-refractivity contribution in [3.05, 3.63) is 70.4 Å². The Morgan fingerprint density at radius 2 is 2.10 bits per heavy atom. The summed E-state index contributed by atoms with van der Waals surface area (Å²) in [5, 5.41) is 3.42. The average molecular weight is 278 g/mol. The van der Waals surface area contributed by atoms with Crippen molar-refractivity contribution in [3.8, 4) is 17.6 Å². The van der Waals surface area contributed by atoms with Crippen molar-refractivity contribution in [1.82, 2.24) is 4.98 Å². The van der Waals surface area contributed by atoms with Crippen molar-refractivity contribution >= 4 is 0 Å². The Balaban J connectivity index is 1.92. The quantitative estimate of drug-likeness (QED) is 0.275. The predicted octanol–water partition coefficient (Wildman–Crippen LogP) is 3.71. The fourth-order valence-corrected chi connectivity index (χ4v) is 1.62. The number of benzene rings is 1. The van der Waals surface area contributed by atoms with Crippen molar-refractivity contribution in [1.29, 1.82) is 0 Å². The Hall–Kier alpha value is -2.96. The lowest BCUT2D eigenvalue weighted by Gasteiger charge is -2.05. The summed E-state index contributed by atoms with van der Waals surface area (Å²) in [6.07, 6.45) is 3.86. The van der Waals surface area contributed by atoms with E-state index >= 15 is 0 Å². The Labute approximate surface area is 123 Å². The monoisotopic (exact) mass is 278 g/mol. The lowest BCUT2D eigenvalue weighted by molar-refractivity contribution is 0.305. The molecule has 0 aliphatic heterocycles. The van der Waals surface area contributed by atoms with Gasteiger partial charge >= 0.3 is 0 Å². The van der Waals surface area contributed by atoms with Gasteiger partial charge in [0.1, 0.15) is 12.4 Å². The topological polar surface area (TPSA) is 70.9 Å². The molecule has 0 radical (unpaired) electrons. The van der Waals surface area contributed by atoms with E-state index in [1.807, 2.05) is 36.4 Å². The number of nitrogens with zero attached hydrogens (tertiary/aromatic N) is 4. The van der Waals surface area contributed by atoms with E-state index < -0.39 is 0 Å². The molecule has 1 aromatic heterocycles. The zero-order chi connectivity index (χ0) is 14.8. The van der Waals surface area contributed by atoms with Crippen LogP contribution in [0.3, 0.4) is 0 Å². The lowest BCUT2D eigenvalue weighted by atomic mass is 10.2. The third kappa shape index (κ3) is 5.27. The second-order valence-electron chi connectivity index (χ2n) is 4.19. The van der Waals surface area contributed by atoms with Gasteiger partial charge in [-0.15, -0.1) is 0 Å². The molecule has 0 spiro atoms. The van der Waals surface area contributed by atoms with E-state index in [-0.39, 0.29) is 0 Å². The summed E-state index contributed by atoms with van der Waals surface area (Å²) >= 11 is 0. The first-order valence-corrected chi connectivity index (χ1v) is 6.50. The van der Waals surface area contributed by atoms with Crippen LogP contribution < -0.4 is 4.74 Å². The van der Waals surface area contributed by atoms with E-state index in [0.717, 1.165) is 11.1 Å². The summed E-state index contributed by atoms with van der Waals surface area (Å²) in [6, 6.07) is 11.8. The van der Waals surface area contributed by atoms with E-state index in [4.69, 9.17) is 10.3 Å². The number of pyridine rings is 1. The number of rotatable bonds is 5. The van der Waals surface area contributed by atoms with Crippen molar-refractivity contribution in [2.45, 2.75) is 13.0 Å². The summed E-state index contributed by atoms with van der Waals surface area (Å²) in [5.41, 5.74) is 10.0. The van der Waals surface area contributed by atoms with Gasteiger partial charge in [-0.2, -0.15) is 0 Å². The van der Waals surface area contributed by atoms with Crippen LogP contribution in [0.1, 0.15) is 17.5 Å². The molecule has 0 unspecified atom stereocenters. The van der Waals surface area contributed by atoms with Gasteiger partial charge in [0.25, 0.3) is 0 Å². The van der Waals surface area contributed by atoms with E-state index in [1.54, 1.807) is 12.4 Å². The first-order chi connectivity index (χ1) is 10.4. The van der Waals surface area contributed by atoms with E-state index in [0.29, 0.717) is 25.3 Å². The minimum absolute atomic E-state index is 0.376. The molecule has 1 heterocycles. The highest BCUT2D eigenvalue weighted by Crippen LogP contribution is 2.12. The number of hydrogen-bond donors (Lipinski definition) is 0.